The number of methoxy groups -OCH3 is 1. The van der Waals surface area contributed by atoms with E-state index in [4.69, 9.17) is 25.8 Å². The van der Waals surface area contributed by atoms with Crippen molar-refractivity contribution >= 4 is 23.2 Å². The number of halogens is 1. The van der Waals surface area contributed by atoms with Gasteiger partial charge in [0.15, 0.2) is 11.5 Å². The Morgan fingerprint density at radius 1 is 0.970 bits per heavy atom. The van der Waals surface area contributed by atoms with E-state index in [0.29, 0.717) is 35.2 Å². The number of hydrogen-bond acceptors (Lipinski definition) is 5. The van der Waals surface area contributed by atoms with Crippen molar-refractivity contribution < 1.29 is 19.0 Å². The minimum absolute atomic E-state index is 0.171. The molecular weight excluding hydrogens is 440 g/mol. The summed E-state index contributed by atoms with van der Waals surface area (Å²) in [6, 6.07) is 20.9. The standard InChI is InChI=1S/C26H27ClN2O4/c1-31-25-16-21(6-11-24(25)33-18-20-2-7-22(27)8-3-20)26(30)28-17-19-4-9-23(10-5-19)29-12-14-32-15-13-29/h2-11,16H,12-15,17-18H2,1H3,(H,28,30). The highest BCUT2D eigenvalue weighted by atomic mass is 35.5. The van der Waals surface area contributed by atoms with Crippen LogP contribution in [0.5, 0.6) is 11.5 Å². The van der Waals surface area contributed by atoms with Gasteiger partial charge in [-0.2, -0.15) is 0 Å². The van der Waals surface area contributed by atoms with Gasteiger partial charge in [0.25, 0.3) is 5.91 Å². The fourth-order valence-electron chi connectivity index (χ4n) is 3.60. The zero-order valence-corrected chi connectivity index (χ0v) is 19.3. The number of amides is 1. The lowest BCUT2D eigenvalue weighted by molar-refractivity contribution is 0.0950. The highest BCUT2D eigenvalue weighted by Gasteiger charge is 2.13. The molecule has 0 radical (unpaired) electrons. The molecule has 1 heterocycles. The summed E-state index contributed by atoms with van der Waals surface area (Å²) in [5, 5.41) is 3.65. The molecule has 1 aliphatic heterocycles. The number of carbonyl (C=O) groups excluding carboxylic acids is 1. The summed E-state index contributed by atoms with van der Waals surface area (Å²) in [4.78, 5) is 15.0. The second kappa shape index (κ2) is 11.1. The molecule has 0 bridgehead atoms. The number of benzene rings is 3. The molecule has 4 rings (SSSR count). The van der Waals surface area contributed by atoms with Crippen molar-refractivity contribution in [3.05, 3.63) is 88.4 Å². The van der Waals surface area contributed by atoms with Gasteiger partial charge < -0.3 is 24.4 Å². The van der Waals surface area contributed by atoms with Crippen LogP contribution in [-0.4, -0.2) is 39.3 Å². The van der Waals surface area contributed by atoms with Crippen LogP contribution in [-0.2, 0) is 17.9 Å². The number of morpholine rings is 1. The van der Waals surface area contributed by atoms with E-state index in [1.807, 2.05) is 36.4 Å². The van der Waals surface area contributed by atoms with Crippen molar-refractivity contribution in [3.63, 3.8) is 0 Å². The van der Waals surface area contributed by atoms with Gasteiger partial charge in [0.1, 0.15) is 6.61 Å². The van der Waals surface area contributed by atoms with Crippen LogP contribution in [0.15, 0.2) is 66.7 Å². The van der Waals surface area contributed by atoms with Gasteiger partial charge in [-0.3, -0.25) is 4.79 Å². The fraction of sp³-hybridized carbons (Fsp3) is 0.269. The Morgan fingerprint density at radius 2 is 1.67 bits per heavy atom. The van der Waals surface area contributed by atoms with Crippen LogP contribution >= 0.6 is 11.6 Å². The fourth-order valence-corrected chi connectivity index (χ4v) is 3.73. The Labute approximate surface area is 199 Å². The summed E-state index contributed by atoms with van der Waals surface area (Å²) in [5.41, 5.74) is 3.71. The van der Waals surface area contributed by atoms with Gasteiger partial charge in [0.05, 0.1) is 20.3 Å². The van der Waals surface area contributed by atoms with Crippen LogP contribution < -0.4 is 19.7 Å². The molecule has 0 saturated carbocycles. The molecule has 0 aromatic heterocycles. The van der Waals surface area contributed by atoms with Crippen molar-refractivity contribution in [1.29, 1.82) is 0 Å². The number of nitrogens with zero attached hydrogens (tertiary/aromatic N) is 1. The molecular formula is C26H27ClN2O4. The summed E-state index contributed by atoms with van der Waals surface area (Å²) in [7, 11) is 1.56. The Morgan fingerprint density at radius 3 is 2.36 bits per heavy atom. The van der Waals surface area contributed by atoms with E-state index in [0.717, 1.165) is 37.4 Å². The number of carbonyl (C=O) groups is 1. The predicted molar refractivity (Wildman–Crippen MR) is 129 cm³/mol. The zero-order chi connectivity index (χ0) is 23.0. The number of nitrogens with one attached hydrogen (secondary N) is 1. The third kappa shape index (κ3) is 6.18. The third-order valence-electron chi connectivity index (χ3n) is 5.50. The van der Waals surface area contributed by atoms with Crippen LogP contribution in [0.3, 0.4) is 0 Å². The highest BCUT2D eigenvalue weighted by molar-refractivity contribution is 6.30. The minimum atomic E-state index is -0.171. The Bertz CT molecular complexity index is 1060. The van der Waals surface area contributed by atoms with Crippen molar-refractivity contribution in [2.75, 3.05) is 38.3 Å². The van der Waals surface area contributed by atoms with Crippen LogP contribution in [0.1, 0.15) is 21.5 Å². The molecule has 0 unspecified atom stereocenters. The first-order valence-electron chi connectivity index (χ1n) is 10.9. The number of hydrogen-bond donors (Lipinski definition) is 1. The first-order valence-corrected chi connectivity index (χ1v) is 11.3. The summed E-state index contributed by atoms with van der Waals surface area (Å²) < 4.78 is 16.7. The molecule has 0 aliphatic carbocycles. The largest absolute Gasteiger partial charge is 0.493 e. The average Bonchev–Trinajstić information content (AvgIpc) is 2.87. The molecule has 0 spiro atoms. The number of anilines is 1. The molecule has 3 aromatic rings. The molecule has 3 aromatic carbocycles. The van der Waals surface area contributed by atoms with Crippen molar-refractivity contribution in [3.8, 4) is 11.5 Å². The van der Waals surface area contributed by atoms with E-state index in [1.165, 1.54) is 5.69 Å². The van der Waals surface area contributed by atoms with Gasteiger partial charge in [-0.25, -0.2) is 0 Å². The lowest BCUT2D eigenvalue weighted by Crippen LogP contribution is -2.36. The van der Waals surface area contributed by atoms with Crippen molar-refractivity contribution in [2.45, 2.75) is 13.2 Å². The predicted octanol–water partition coefficient (Wildman–Crippen LogP) is 4.69. The highest BCUT2D eigenvalue weighted by Crippen LogP contribution is 2.29. The maximum Gasteiger partial charge on any atom is 0.251 e. The van der Waals surface area contributed by atoms with E-state index >= 15 is 0 Å². The number of ether oxygens (including phenoxy) is 3. The Hall–Kier alpha value is -3.22. The monoisotopic (exact) mass is 466 g/mol. The number of rotatable bonds is 8. The van der Waals surface area contributed by atoms with E-state index < -0.39 is 0 Å². The van der Waals surface area contributed by atoms with Crippen LogP contribution in [0.4, 0.5) is 5.69 Å². The normalized spacial score (nSPS) is 13.5. The SMILES string of the molecule is COc1cc(C(=O)NCc2ccc(N3CCOCC3)cc2)ccc1OCc1ccc(Cl)cc1. The minimum Gasteiger partial charge on any atom is -0.493 e. The smallest absolute Gasteiger partial charge is 0.251 e. The molecule has 0 atom stereocenters. The van der Waals surface area contributed by atoms with E-state index in [-0.39, 0.29) is 5.91 Å². The quantitative estimate of drug-likeness (QED) is 0.521. The van der Waals surface area contributed by atoms with Gasteiger partial charge in [-0.1, -0.05) is 35.9 Å². The lowest BCUT2D eigenvalue weighted by Gasteiger charge is -2.28. The summed E-state index contributed by atoms with van der Waals surface area (Å²) in [6.07, 6.45) is 0. The van der Waals surface area contributed by atoms with Crippen molar-refractivity contribution in [2.24, 2.45) is 0 Å². The van der Waals surface area contributed by atoms with Gasteiger partial charge >= 0.3 is 0 Å². The van der Waals surface area contributed by atoms with Gasteiger partial charge in [-0.15, -0.1) is 0 Å². The van der Waals surface area contributed by atoms with E-state index in [9.17, 15) is 4.79 Å². The summed E-state index contributed by atoms with van der Waals surface area (Å²) in [5.74, 6) is 0.906. The molecule has 172 valence electrons. The molecule has 33 heavy (non-hydrogen) atoms. The van der Waals surface area contributed by atoms with E-state index in [2.05, 4.69) is 22.3 Å². The lowest BCUT2D eigenvalue weighted by atomic mass is 10.1. The maximum atomic E-state index is 12.7. The second-order valence-electron chi connectivity index (χ2n) is 7.73. The molecule has 1 N–H and O–H groups in total. The third-order valence-corrected chi connectivity index (χ3v) is 5.75. The molecule has 1 aliphatic rings. The maximum absolute atomic E-state index is 12.7. The van der Waals surface area contributed by atoms with Gasteiger partial charge in [0.2, 0.25) is 0 Å². The van der Waals surface area contributed by atoms with Gasteiger partial charge in [-0.05, 0) is 53.6 Å². The average molecular weight is 467 g/mol. The zero-order valence-electron chi connectivity index (χ0n) is 18.6. The van der Waals surface area contributed by atoms with E-state index in [1.54, 1.807) is 25.3 Å². The van der Waals surface area contributed by atoms with Crippen LogP contribution in [0.25, 0.3) is 0 Å². The Balaban J connectivity index is 1.33. The first kappa shape index (κ1) is 23.0. The van der Waals surface area contributed by atoms with Crippen LogP contribution in [0.2, 0.25) is 5.02 Å². The van der Waals surface area contributed by atoms with Gasteiger partial charge in [0, 0.05) is 35.9 Å². The second-order valence-corrected chi connectivity index (χ2v) is 8.17. The molecule has 1 amide bonds. The molecule has 1 saturated heterocycles. The first-order chi connectivity index (χ1) is 16.1. The molecule has 1 fully saturated rings. The summed E-state index contributed by atoms with van der Waals surface area (Å²) in [6.45, 7) is 4.13. The van der Waals surface area contributed by atoms with Crippen LogP contribution in [0, 0.1) is 0 Å². The summed E-state index contributed by atoms with van der Waals surface area (Å²) >= 11 is 5.92. The molecule has 6 nitrogen and oxygen atoms in total. The van der Waals surface area contributed by atoms with Crippen molar-refractivity contribution in [1.82, 2.24) is 5.32 Å². The molecule has 7 heteroatoms. The topological polar surface area (TPSA) is 60.0 Å². The Kier molecular flexibility index (Phi) is 7.70.